The number of nitrogens with zero attached hydrogens (tertiary/aromatic N) is 1. The fraction of sp³-hybridized carbons (Fsp3) is 0. The zero-order chi connectivity index (χ0) is 35.6. The van der Waals surface area contributed by atoms with Gasteiger partial charge in [-0.15, -0.1) is 0 Å². The summed E-state index contributed by atoms with van der Waals surface area (Å²) in [5, 5.41) is 11.9. The van der Waals surface area contributed by atoms with Gasteiger partial charge in [0.2, 0.25) is 0 Å². The molecule has 2 nitrogen and oxygen atoms in total. The molecule has 0 aliphatic carbocycles. The van der Waals surface area contributed by atoms with Crippen LogP contribution in [0.15, 0.2) is 205 Å². The van der Waals surface area contributed by atoms with E-state index < -0.39 is 0 Å². The molecule has 1 heterocycles. The topological polar surface area (TPSA) is 16.4 Å². The molecule has 10 aromatic carbocycles. The molecule has 0 N–H and O–H groups in total. The van der Waals surface area contributed by atoms with Crippen LogP contribution in [0.5, 0.6) is 0 Å². The largest absolute Gasteiger partial charge is 0.455 e. The minimum atomic E-state index is 0.870. The second kappa shape index (κ2) is 12.2. The average molecular weight is 688 g/mol. The van der Waals surface area contributed by atoms with Gasteiger partial charge in [0.05, 0.1) is 22.4 Å². The smallest absolute Gasteiger partial charge is 0.145 e. The van der Waals surface area contributed by atoms with E-state index in [0.29, 0.717) is 0 Å². The maximum Gasteiger partial charge on any atom is 0.145 e. The Hall–Kier alpha value is -7.16. The molecule has 2 heteroatoms. The van der Waals surface area contributed by atoms with E-state index in [0.717, 1.165) is 50.1 Å². The summed E-state index contributed by atoms with van der Waals surface area (Å²) in [4.78, 5) is 2.48. The quantitative estimate of drug-likeness (QED) is 0.168. The zero-order valence-corrected chi connectivity index (χ0v) is 29.4. The van der Waals surface area contributed by atoms with Crippen LogP contribution in [0.1, 0.15) is 0 Å². The Kier molecular flexibility index (Phi) is 6.90. The van der Waals surface area contributed by atoms with E-state index in [1.54, 1.807) is 0 Å². The van der Waals surface area contributed by atoms with Crippen LogP contribution < -0.4 is 4.90 Å². The van der Waals surface area contributed by atoms with Crippen molar-refractivity contribution in [3.63, 3.8) is 0 Å². The summed E-state index contributed by atoms with van der Waals surface area (Å²) in [5.41, 5.74) is 9.63. The highest BCUT2D eigenvalue weighted by Crippen LogP contribution is 2.50. The molecule has 0 saturated carbocycles. The van der Waals surface area contributed by atoms with Crippen molar-refractivity contribution < 1.29 is 4.42 Å². The molecule has 1 aromatic heterocycles. The number of hydrogen-bond acceptors (Lipinski definition) is 2. The molecule has 54 heavy (non-hydrogen) atoms. The highest BCUT2D eigenvalue weighted by Gasteiger charge is 2.25. The lowest BCUT2D eigenvalue weighted by Gasteiger charge is -2.29. The fourth-order valence-corrected chi connectivity index (χ4v) is 8.53. The van der Waals surface area contributed by atoms with Gasteiger partial charge in [0.1, 0.15) is 11.2 Å². The highest BCUT2D eigenvalue weighted by atomic mass is 16.3. The van der Waals surface area contributed by atoms with Gasteiger partial charge in [-0.25, -0.2) is 0 Å². The number of rotatable bonds is 5. The zero-order valence-electron chi connectivity index (χ0n) is 29.4. The van der Waals surface area contributed by atoms with E-state index in [1.807, 2.05) is 0 Å². The molecular formula is C52H33NO. The predicted molar refractivity (Wildman–Crippen MR) is 229 cm³/mol. The number of para-hydroxylation sites is 1. The van der Waals surface area contributed by atoms with Gasteiger partial charge in [0, 0.05) is 21.7 Å². The van der Waals surface area contributed by atoms with Crippen LogP contribution in [0.2, 0.25) is 0 Å². The summed E-state index contributed by atoms with van der Waals surface area (Å²) in [6, 6.07) is 72.2. The Morgan fingerprint density at radius 2 is 0.870 bits per heavy atom. The number of fused-ring (bicyclic) bond motifs is 9. The molecule has 252 valence electrons. The van der Waals surface area contributed by atoms with Gasteiger partial charge >= 0.3 is 0 Å². The maximum atomic E-state index is 6.89. The van der Waals surface area contributed by atoms with Crippen LogP contribution >= 0.6 is 0 Å². The van der Waals surface area contributed by atoms with Gasteiger partial charge in [0.25, 0.3) is 0 Å². The summed E-state index contributed by atoms with van der Waals surface area (Å²) >= 11 is 0. The Labute approximate surface area is 312 Å². The van der Waals surface area contributed by atoms with Gasteiger partial charge in [-0.3, -0.25) is 0 Å². The van der Waals surface area contributed by atoms with Gasteiger partial charge in [-0.2, -0.15) is 0 Å². The molecule has 0 atom stereocenters. The first-order chi connectivity index (χ1) is 26.8. The van der Waals surface area contributed by atoms with E-state index in [1.165, 1.54) is 54.2 Å². The van der Waals surface area contributed by atoms with E-state index in [4.69, 9.17) is 4.42 Å². The van der Waals surface area contributed by atoms with Crippen LogP contribution in [0.25, 0.3) is 87.3 Å². The monoisotopic (exact) mass is 687 g/mol. The van der Waals surface area contributed by atoms with Gasteiger partial charge in [-0.1, -0.05) is 170 Å². The molecule has 0 aliphatic rings. The first kappa shape index (κ1) is 30.5. The third-order valence-electron chi connectivity index (χ3n) is 11.0. The normalized spacial score (nSPS) is 11.7. The summed E-state index contributed by atoms with van der Waals surface area (Å²) in [7, 11) is 0. The molecular weight excluding hydrogens is 655 g/mol. The number of benzene rings is 10. The molecule has 0 radical (unpaired) electrons. The van der Waals surface area contributed by atoms with Crippen LogP contribution in [0.3, 0.4) is 0 Å². The molecule has 0 amide bonds. The van der Waals surface area contributed by atoms with Crippen molar-refractivity contribution in [2.24, 2.45) is 0 Å². The van der Waals surface area contributed by atoms with Crippen LogP contribution in [-0.4, -0.2) is 0 Å². The molecule has 0 spiro atoms. The van der Waals surface area contributed by atoms with Gasteiger partial charge < -0.3 is 9.32 Å². The van der Waals surface area contributed by atoms with Crippen LogP contribution in [0.4, 0.5) is 17.1 Å². The summed E-state index contributed by atoms with van der Waals surface area (Å²) in [6.07, 6.45) is 0. The summed E-state index contributed by atoms with van der Waals surface area (Å²) in [6.45, 7) is 0. The second-order valence-electron chi connectivity index (χ2n) is 14.0. The Balaban J connectivity index is 1.23. The lowest BCUT2D eigenvalue weighted by molar-refractivity contribution is 0.670. The Morgan fingerprint density at radius 1 is 0.296 bits per heavy atom. The second-order valence-corrected chi connectivity index (χ2v) is 14.0. The standard InChI is InChI=1S/C52H33NO/c1-2-12-34(13-3-1)35-24-26-38(27-25-35)42-32-33-48(51-45-19-8-9-23-49(45)54-52(42)51)53(46-21-11-20-43-40-17-6-4-14-36(40)30-31-44(43)46)47-22-10-16-39-29-28-37-15-5-7-18-41(37)50(39)47/h1-33H. The molecule has 0 unspecified atom stereocenters. The Bertz CT molecular complexity index is 3210. The van der Waals surface area contributed by atoms with Gasteiger partial charge in [0.15, 0.2) is 0 Å². The van der Waals surface area contributed by atoms with Gasteiger partial charge in [-0.05, 0) is 79.3 Å². The van der Waals surface area contributed by atoms with E-state index in [-0.39, 0.29) is 0 Å². The number of hydrogen-bond donors (Lipinski definition) is 0. The minimum Gasteiger partial charge on any atom is -0.455 e. The lowest BCUT2D eigenvalue weighted by Crippen LogP contribution is -2.12. The predicted octanol–water partition coefficient (Wildman–Crippen LogP) is 15.0. The van der Waals surface area contributed by atoms with Crippen molar-refractivity contribution in [1.29, 1.82) is 0 Å². The minimum absolute atomic E-state index is 0.870. The number of anilines is 3. The number of furan rings is 1. The Morgan fingerprint density at radius 3 is 1.72 bits per heavy atom. The molecule has 0 fully saturated rings. The maximum absolute atomic E-state index is 6.89. The average Bonchev–Trinajstić information content (AvgIpc) is 3.64. The van der Waals surface area contributed by atoms with E-state index >= 15 is 0 Å². The van der Waals surface area contributed by atoms with Crippen LogP contribution in [-0.2, 0) is 0 Å². The molecule has 0 bridgehead atoms. The van der Waals surface area contributed by atoms with E-state index in [9.17, 15) is 0 Å². The van der Waals surface area contributed by atoms with Crippen molar-refractivity contribution in [3.8, 4) is 22.3 Å². The first-order valence-electron chi connectivity index (χ1n) is 18.5. The molecule has 11 rings (SSSR count). The fourth-order valence-electron chi connectivity index (χ4n) is 8.53. The van der Waals surface area contributed by atoms with Crippen molar-refractivity contribution >= 4 is 82.1 Å². The third kappa shape index (κ3) is 4.74. The van der Waals surface area contributed by atoms with Crippen LogP contribution in [0, 0.1) is 0 Å². The van der Waals surface area contributed by atoms with Crippen molar-refractivity contribution in [2.75, 3.05) is 4.90 Å². The van der Waals surface area contributed by atoms with Crippen molar-refractivity contribution in [1.82, 2.24) is 0 Å². The SMILES string of the molecule is c1ccc(-c2ccc(-c3ccc(N(c4cccc5c4ccc4ccccc45)c4cccc5ccc6ccccc6c45)c4c3oc3ccccc34)cc2)cc1. The van der Waals surface area contributed by atoms with Crippen molar-refractivity contribution in [3.05, 3.63) is 200 Å². The lowest BCUT2D eigenvalue weighted by atomic mass is 9.95. The summed E-state index contributed by atoms with van der Waals surface area (Å²) < 4.78 is 6.89. The third-order valence-corrected chi connectivity index (χ3v) is 11.0. The van der Waals surface area contributed by atoms with Crippen molar-refractivity contribution in [2.45, 2.75) is 0 Å². The van der Waals surface area contributed by atoms with E-state index in [2.05, 4.69) is 205 Å². The molecule has 11 aromatic rings. The molecule has 0 saturated heterocycles. The first-order valence-corrected chi connectivity index (χ1v) is 18.5. The highest BCUT2D eigenvalue weighted by molar-refractivity contribution is 6.22. The molecule has 0 aliphatic heterocycles. The summed E-state index contributed by atoms with van der Waals surface area (Å²) in [5.74, 6) is 0.